The third kappa shape index (κ3) is 5.87. The van der Waals surface area contributed by atoms with E-state index in [0.717, 1.165) is 11.3 Å². The van der Waals surface area contributed by atoms with Crippen LogP contribution in [0.2, 0.25) is 0 Å². The predicted octanol–water partition coefficient (Wildman–Crippen LogP) is 6.20. The summed E-state index contributed by atoms with van der Waals surface area (Å²) in [5.41, 5.74) is 2.31. The Morgan fingerprint density at radius 1 is 1.03 bits per heavy atom. The molecule has 29 heavy (non-hydrogen) atoms. The minimum atomic E-state index is -0.254. The molecule has 1 aromatic heterocycles. The van der Waals surface area contributed by atoms with Gasteiger partial charge in [0.05, 0.1) is 5.69 Å². The standard InChI is InChI=1S/C23H23FN2O2S/c1-15(27)17-7-11-19(12-8-17)28-21-13-20(23(2,3)4)25-22(26-21)29-14-16-5-9-18(24)10-6-16/h5-13H,14H2,1-4H3. The first kappa shape index (κ1) is 21.0. The first-order valence-electron chi connectivity index (χ1n) is 9.26. The molecule has 0 amide bonds. The zero-order valence-corrected chi connectivity index (χ0v) is 17.7. The number of ketones is 1. The van der Waals surface area contributed by atoms with E-state index >= 15 is 0 Å². The van der Waals surface area contributed by atoms with Crippen molar-refractivity contribution in [3.63, 3.8) is 0 Å². The highest BCUT2D eigenvalue weighted by Gasteiger charge is 2.19. The van der Waals surface area contributed by atoms with Gasteiger partial charge in [0.2, 0.25) is 5.88 Å². The van der Waals surface area contributed by atoms with Gasteiger partial charge in [-0.2, -0.15) is 4.98 Å². The first-order chi connectivity index (χ1) is 13.7. The Kier molecular flexibility index (Phi) is 6.33. The number of carbonyl (C=O) groups is 1. The predicted molar refractivity (Wildman–Crippen MR) is 113 cm³/mol. The molecule has 0 aliphatic carbocycles. The summed E-state index contributed by atoms with van der Waals surface area (Å²) in [4.78, 5) is 20.6. The van der Waals surface area contributed by atoms with Crippen LogP contribution in [0.25, 0.3) is 0 Å². The summed E-state index contributed by atoms with van der Waals surface area (Å²) in [6.07, 6.45) is 0. The highest BCUT2D eigenvalue weighted by atomic mass is 32.2. The molecule has 150 valence electrons. The molecule has 3 rings (SSSR count). The first-order valence-corrected chi connectivity index (χ1v) is 10.2. The fraction of sp³-hybridized carbons (Fsp3) is 0.261. The zero-order chi connectivity index (χ0) is 21.0. The lowest BCUT2D eigenvalue weighted by Gasteiger charge is -2.19. The van der Waals surface area contributed by atoms with Crippen molar-refractivity contribution in [2.24, 2.45) is 0 Å². The van der Waals surface area contributed by atoms with Gasteiger partial charge in [-0.1, -0.05) is 44.7 Å². The number of halogens is 1. The van der Waals surface area contributed by atoms with Gasteiger partial charge in [-0.25, -0.2) is 9.37 Å². The van der Waals surface area contributed by atoms with Crippen LogP contribution >= 0.6 is 11.8 Å². The Morgan fingerprint density at radius 2 is 1.69 bits per heavy atom. The van der Waals surface area contributed by atoms with E-state index in [1.807, 2.05) is 6.07 Å². The average Bonchev–Trinajstić information content (AvgIpc) is 2.67. The lowest BCUT2D eigenvalue weighted by Crippen LogP contribution is -2.14. The molecule has 0 saturated heterocycles. The van der Waals surface area contributed by atoms with E-state index < -0.39 is 0 Å². The molecular weight excluding hydrogens is 387 g/mol. The van der Waals surface area contributed by atoms with Crippen LogP contribution in [-0.4, -0.2) is 15.8 Å². The second-order valence-corrected chi connectivity index (χ2v) is 8.66. The Balaban J connectivity index is 1.83. The summed E-state index contributed by atoms with van der Waals surface area (Å²) in [6.45, 7) is 7.76. The van der Waals surface area contributed by atoms with Gasteiger partial charge < -0.3 is 4.74 Å². The minimum absolute atomic E-state index is 0.00749. The summed E-state index contributed by atoms with van der Waals surface area (Å²) >= 11 is 1.47. The molecule has 6 heteroatoms. The number of ether oxygens (including phenoxy) is 1. The van der Waals surface area contributed by atoms with E-state index in [9.17, 15) is 9.18 Å². The summed E-state index contributed by atoms with van der Waals surface area (Å²) in [5.74, 6) is 1.43. The Morgan fingerprint density at radius 3 is 2.28 bits per heavy atom. The zero-order valence-electron chi connectivity index (χ0n) is 16.9. The lowest BCUT2D eigenvalue weighted by atomic mass is 9.92. The molecule has 3 aromatic rings. The molecule has 0 N–H and O–H groups in total. The molecule has 0 fully saturated rings. The molecule has 1 heterocycles. The molecule has 4 nitrogen and oxygen atoms in total. The highest BCUT2D eigenvalue weighted by molar-refractivity contribution is 7.98. The maximum atomic E-state index is 13.1. The molecule has 0 unspecified atom stereocenters. The fourth-order valence-electron chi connectivity index (χ4n) is 2.51. The second kappa shape index (κ2) is 8.74. The Hall–Kier alpha value is -2.73. The number of rotatable bonds is 6. The topological polar surface area (TPSA) is 52.1 Å². The molecule has 0 aliphatic rings. The second-order valence-electron chi connectivity index (χ2n) is 7.72. The average molecular weight is 411 g/mol. The molecule has 0 atom stereocenters. The lowest BCUT2D eigenvalue weighted by molar-refractivity contribution is 0.101. The minimum Gasteiger partial charge on any atom is -0.439 e. The largest absolute Gasteiger partial charge is 0.439 e. The van der Waals surface area contributed by atoms with Crippen molar-refractivity contribution in [2.45, 2.75) is 44.0 Å². The van der Waals surface area contributed by atoms with Gasteiger partial charge >= 0.3 is 0 Å². The third-order valence-corrected chi connectivity index (χ3v) is 5.13. The number of hydrogen-bond acceptors (Lipinski definition) is 5. The van der Waals surface area contributed by atoms with Crippen LogP contribution in [0, 0.1) is 5.82 Å². The van der Waals surface area contributed by atoms with Gasteiger partial charge in [0.25, 0.3) is 0 Å². The van der Waals surface area contributed by atoms with Gasteiger partial charge in [0.1, 0.15) is 11.6 Å². The van der Waals surface area contributed by atoms with E-state index in [-0.39, 0.29) is 17.0 Å². The molecule has 0 radical (unpaired) electrons. The molecule has 0 aliphatic heterocycles. The van der Waals surface area contributed by atoms with Gasteiger partial charge in [-0.05, 0) is 48.9 Å². The van der Waals surface area contributed by atoms with Crippen molar-refractivity contribution >= 4 is 17.5 Å². The number of hydrogen-bond donors (Lipinski definition) is 0. The molecule has 0 bridgehead atoms. The summed E-state index contributed by atoms with van der Waals surface area (Å²) in [6, 6.07) is 15.2. The van der Waals surface area contributed by atoms with Crippen molar-refractivity contribution in [2.75, 3.05) is 0 Å². The van der Waals surface area contributed by atoms with Crippen LogP contribution in [0.3, 0.4) is 0 Å². The van der Waals surface area contributed by atoms with Gasteiger partial charge in [-0.3, -0.25) is 4.79 Å². The van der Waals surface area contributed by atoms with Crippen LogP contribution in [0.1, 0.15) is 49.3 Å². The van der Waals surface area contributed by atoms with Crippen LogP contribution in [-0.2, 0) is 11.2 Å². The quantitative estimate of drug-likeness (QED) is 0.275. The number of thioether (sulfide) groups is 1. The van der Waals surface area contributed by atoms with E-state index in [2.05, 4.69) is 30.7 Å². The molecule has 0 saturated carbocycles. The van der Waals surface area contributed by atoms with Crippen molar-refractivity contribution in [3.05, 3.63) is 77.2 Å². The Bertz CT molecular complexity index is 997. The highest BCUT2D eigenvalue weighted by Crippen LogP contribution is 2.30. The summed E-state index contributed by atoms with van der Waals surface area (Å²) in [7, 11) is 0. The SMILES string of the molecule is CC(=O)c1ccc(Oc2cc(C(C)(C)C)nc(SCc3ccc(F)cc3)n2)cc1. The summed E-state index contributed by atoms with van der Waals surface area (Å²) in [5, 5.41) is 0.595. The maximum absolute atomic E-state index is 13.1. The smallest absolute Gasteiger partial charge is 0.223 e. The van der Waals surface area contributed by atoms with Crippen LogP contribution in [0.15, 0.2) is 59.8 Å². The van der Waals surface area contributed by atoms with Gasteiger partial charge in [0.15, 0.2) is 10.9 Å². The molecular formula is C23H23FN2O2S. The van der Waals surface area contributed by atoms with Crippen molar-refractivity contribution in [1.29, 1.82) is 0 Å². The van der Waals surface area contributed by atoms with E-state index in [1.165, 1.54) is 30.8 Å². The number of benzene rings is 2. The van der Waals surface area contributed by atoms with E-state index in [0.29, 0.717) is 28.1 Å². The van der Waals surface area contributed by atoms with E-state index in [1.54, 1.807) is 36.4 Å². The third-order valence-electron chi connectivity index (χ3n) is 4.22. The van der Waals surface area contributed by atoms with Crippen LogP contribution < -0.4 is 4.74 Å². The van der Waals surface area contributed by atoms with Crippen molar-refractivity contribution < 1.29 is 13.9 Å². The van der Waals surface area contributed by atoms with E-state index in [4.69, 9.17) is 4.74 Å². The van der Waals surface area contributed by atoms with Crippen molar-refractivity contribution in [1.82, 2.24) is 9.97 Å². The Labute approximate surface area is 174 Å². The molecule has 0 spiro atoms. The fourth-order valence-corrected chi connectivity index (χ4v) is 3.32. The van der Waals surface area contributed by atoms with Gasteiger partial charge in [0, 0.05) is 22.8 Å². The molecule has 2 aromatic carbocycles. The van der Waals surface area contributed by atoms with Gasteiger partial charge in [-0.15, -0.1) is 0 Å². The maximum Gasteiger partial charge on any atom is 0.223 e. The summed E-state index contributed by atoms with van der Waals surface area (Å²) < 4.78 is 19.0. The van der Waals surface area contributed by atoms with Crippen molar-refractivity contribution in [3.8, 4) is 11.6 Å². The normalized spacial score (nSPS) is 11.3. The van der Waals surface area contributed by atoms with Crippen LogP contribution in [0.4, 0.5) is 4.39 Å². The number of nitrogens with zero attached hydrogens (tertiary/aromatic N) is 2. The number of Topliss-reactive ketones (excluding diaryl/α,β-unsaturated/α-hetero) is 1. The number of aromatic nitrogens is 2. The number of carbonyl (C=O) groups excluding carboxylic acids is 1. The van der Waals surface area contributed by atoms with Crippen LogP contribution in [0.5, 0.6) is 11.6 Å². The monoisotopic (exact) mass is 410 g/mol.